The van der Waals surface area contributed by atoms with E-state index < -0.39 is 24.4 Å². The Hall–Kier alpha value is -4.38. The van der Waals surface area contributed by atoms with Gasteiger partial charge in [-0.15, -0.1) is 0 Å². The fraction of sp³-hybridized carbons (Fsp3) is 0.433. The molecule has 232 valence electrons. The number of rotatable bonds is 7. The van der Waals surface area contributed by atoms with Crippen molar-refractivity contribution in [2.75, 3.05) is 42.5 Å². The number of hydrogen-bond acceptors (Lipinski definition) is 9. The minimum atomic E-state index is -2.74. The maximum atomic E-state index is 14.1. The molecule has 3 aromatic heterocycles. The van der Waals surface area contributed by atoms with Gasteiger partial charge in [-0.3, -0.25) is 4.90 Å². The van der Waals surface area contributed by atoms with Crippen LogP contribution in [0.2, 0.25) is 0 Å². The second-order valence-electron chi connectivity index (χ2n) is 11.4. The Morgan fingerprint density at radius 2 is 1.82 bits per heavy atom. The summed E-state index contributed by atoms with van der Waals surface area (Å²) in [5.74, 6) is 0.532. The highest BCUT2D eigenvalue weighted by molar-refractivity contribution is 7.16. The van der Waals surface area contributed by atoms with Gasteiger partial charge >= 0.3 is 6.09 Å². The van der Waals surface area contributed by atoms with Crippen LogP contribution in [0.4, 0.5) is 34.7 Å². The third-order valence-corrected chi connectivity index (χ3v) is 8.03. The molecule has 1 aliphatic rings. The van der Waals surface area contributed by atoms with Crippen LogP contribution < -0.4 is 9.80 Å². The molecule has 0 bridgehead atoms. The monoisotopic (exact) mass is 626 g/mol. The summed E-state index contributed by atoms with van der Waals surface area (Å²) in [5, 5.41) is 14.7. The maximum Gasteiger partial charge on any atom is 0.410 e. The van der Waals surface area contributed by atoms with Gasteiger partial charge in [0, 0.05) is 38.3 Å². The number of fused-ring (bicyclic) bond motifs is 1. The molecule has 0 saturated carbocycles. The third kappa shape index (κ3) is 6.42. The second kappa shape index (κ2) is 12.3. The smallest absolute Gasteiger partial charge is 0.410 e. The number of nitrogens with zero attached hydrogens (tertiary/aromatic N) is 8. The van der Waals surface area contributed by atoms with Crippen LogP contribution in [0.1, 0.15) is 38.1 Å². The van der Waals surface area contributed by atoms with E-state index >= 15 is 0 Å². The Morgan fingerprint density at radius 1 is 1.14 bits per heavy atom. The summed E-state index contributed by atoms with van der Waals surface area (Å²) in [7, 11) is 0. The Morgan fingerprint density at radius 3 is 2.41 bits per heavy atom. The van der Waals surface area contributed by atoms with E-state index in [2.05, 4.69) is 11.1 Å². The van der Waals surface area contributed by atoms with E-state index in [1.54, 1.807) is 9.58 Å². The lowest BCUT2D eigenvalue weighted by molar-refractivity contribution is 0.0240. The Bertz CT molecular complexity index is 1700. The van der Waals surface area contributed by atoms with E-state index in [1.165, 1.54) is 29.2 Å². The molecule has 1 amide bonds. The fourth-order valence-electron chi connectivity index (χ4n) is 5.01. The van der Waals surface area contributed by atoms with Crippen LogP contribution in [0.5, 0.6) is 0 Å². The number of carbonyl (C=O) groups is 1. The number of carbonyl (C=O) groups excluding carboxylic acids is 1. The van der Waals surface area contributed by atoms with E-state index in [0.29, 0.717) is 61.0 Å². The highest BCUT2D eigenvalue weighted by Gasteiger charge is 2.30. The molecule has 1 aliphatic heterocycles. The third-order valence-electron chi connectivity index (χ3n) is 7.04. The standard InChI is InChI=1S/C30H33F3N8O2S/c1-6-41-27(40(17-22(32)33)28-36-25(21(16-34)44-28)19-7-9-20(31)10-8-19)26-24(37-41)18(2)15-23(35-26)38-11-13-39(14-12-38)29(42)43-30(3,4)5/h7-10,15,22H,6,11-14,17H2,1-5H3. The van der Waals surface area contributed by atoms with Crippen LogP contribution >= 0.6 is 11.3 Å². The van der Waals surface area contributed by atoms with Gasteiger partial charge in [0.15, 0.2) is 10.9 Å². The van der Waals surface area contributed by atoms with Crippen molar-refractivity contribution in [2.24, 2.45) is 0 Å². The number of benzene rings is 1. The van der Waals surface area contributed by atoms with E-state index in [-0.39, 0.29) is 21.8 Å². The fourth-order valence-corrected chi connectivity index (χ4v) is 5.91. The number of nitriles is 1. The number of hydrogen-bond donors (Lipinski definition) is 0. The molecule has 4 heterocycles. The Kier molecular flexibility index (Phi) is 8.69. The highest BCUT2D eigenvalue weighted by atomic mass is 32.1. The predicted octanol–water partition coefficient (Wildman–Crippen LogP) is 6.35. The average Bonchev–Trinajstić information content (AvgIpc) is 3.57. The van der Waals surface area contributed by atoms with Crippen LogP contribution in [-0.2, 0) is 11.3 Å². The number of halogens is 3. The minimum absolute atomic E-state index is 0.175. The van der Waals surface area contributed by atoms with Crippen LogP contribution in [0.15, 0.2) is 30.3 Å². The molecule has 44 heavy (non-hydrogen) atoms. The van der Waals surface area contributed by atoms with Crippen molar-refractivity contribution in [3.8, 4) is 17.3 Å². The summed E-state index contributed by atoms with van der Waals surface area (Å²) in [6.07, 6.45) is -3.11. The summed E-state index contributed by atoms with van der Waals surface area (Å²) in [5.41, 5.74) is 1.99. The summed E-state index contributed by atoms with van der Waals surface area (Å²) in [6.45, 7) is 10.8. The largest absolute Gasteiger partial charge is 0.444 e. The molecule has 0 N–H and O–H groups in total. The van der Waals surface area contributed by atoms with E-state index in [9.17, 15) is 23.2 Å². The number of thiazole rings is 1. The number of piperazine rings is 1. The van der Waals surface area contributed by atoms with Gasteiger partial charge in [0.05, 0.1) is 6.54 Å². The lowest BCUT2D eigenvalue weighted by Crippen LogP contribution is -2.50. The lowest BCUT2D eigenvalue weighted by atomic mass is 10.1. The first kappa shape index (κ1) is 31.1. The van der Waals surface area contributed by atoms with Gasteiger partial charge in [0.2, 0.25) is 0 Å². The number of alkyl halides is 2. The molecule has 5 rings (SSSR count). The molecule has 1 fully saturated rings. The zero-order valence-electron chi connectivity index (χ0n) is 25.1. The number of aryl methyl sites for hydroxylation is 2. The molecule has 0 aliphatic carbocycles. The zero-order valence-corrected chi connectivity index (χ0v) is 26.0. The first-order valence-corrected chi connectivity index (χ1v) is 15.0. The summed E-state index contributed by atoms with van der Waals surface area (Å²) >= 11 is 0.976. The normalized spacial score (nSPS) is 13.9. The summed E-state index contributed by atoms with van der Waals surface area (Å²) < 4.78 is 49.0. The van der Waals surface area contributed by atoms with Crippen LogP contribution in [0.3, 0.4) is 0 Å². The molecular weight excluding hydrogens is 593 g/mol. The molecule has 0 unspecified atom stereocenters. The zero-order chi connectivity index (χ0) is 31.8. The quantitative estimate of drug-likeness (QED) is 0.234. The maximum absolute atomic E-state index is 14.1. The number of pyridine rings is 1. The van der Waals surface area contributed by atoms with Gasteiger partial charge in [-0.05, 0) is 70.5 Å². The Labute approximate surface area is 257 Å². The molecule has 0 spiro atoms. The van der Waals surface area contributed by atoms with Crippen molar-refractivity contribution < 1.29 is 22.7 Å². The van der Waals surface area contributed by atoms with Crippen molar-refractivity contribution in [2.45, 2.75) is 53.2 Å². The molecule has 1 saturated heterocycles. The molecule has 0 radical (unpaired) electrons. The second-order valence-corrected chi connectivity index (χ2v) is 12.4. The van der Waals surface area contributed by atoms with Gasteiger partial charge in [-0.1, -0.05) is 11.3 Å². The Balaban J connectivity index is 1.54. The van der Waals surface area contributed by atoms with Crippen molar-refractivity contribution in [1.29, 1.82) is 5.26 Å². The first-order chi connectivity index (χ1) is 20.9. The molecule has 1 aromatic carbocycles. The van der Waals surface area contributed by atoms with Gasteiger partial charge < -0.3 is 14.5 Å². The van der Waals surface area contributed by atoms with Gasteiger partial charge in [-0.2, -0.15) is 10.4 Å². The number of amides is 1. The molecule has 14 heteroatoms. The molecule has 10 nitrogen and oxygen atoms in total. The van der Waals surface area contributed by atoms with Crippen molar-refractivity contribution >= 4 is 45.2 Å². The topological polar surface area (TPSA) is 103 Å². The van der Waals surface area contributed by atoms with E-state index in [1.807, 2.05) is 45.6 Å². The average molecular weight is 627 g/mol. The van der Waals surface area contributed by atoms with Crippen LogP contribution in [0, 0.1) is 24.1 Å². The molecular formula is C30H33F3N8O2S. The number of aromatic nitrogens is 4. The number of anilines is 3. The summed E-state index contributed by atoms with van der Waals surface area (Å²) in [6, 6.07) is 9.52. The van der Waals surface area contributed by atoms with Crippen molar-refractivity contribution in [3.05, 3.63) is 46.6 Å². The number of ether oxygens (including phenoxy) is 1. The van der Waals surface area contributed by atoms with Crippen LogP contribution in [0.25, 0.3) is 22.3 Å². The summed E-state index contributed by atoms with van der Waals surface area (Å²) in [4.78, 5) is 27.4. The van der Waals surface area contributed by atoms with Crippen LogP contribution in [-0.4, -0.2) is 75.5 Å². The first-order valence-electron chi connectivity index (χ1n) is 14.2. The van der Waals surface area contributed by atoms with E-state index in [4.69, 9.17) is 14.8 Å². The SMILES string of the molecule is CCn1nc2c(C)cc(N3CCN(C(=O)OC(C)(C)C)CC3)nc2c1N(CC(F)F)c1nc(-c2ccc(F)cc2)c(C#N)s1. The van der Waals surface area contributed by atoms with E-state index in [0.717, 1.165) is 16.9 Å². The highest BCUT2D eigenvalue weighted by Crippen LogP contribution is 2.40. The van der Waals surface area contributed by atoms with Crippen molar-refractivity contribution in [1.82, 2.24) is 24.6 Å². The van der Waals surface area contributed by atoms with Gasteiger partial charge in [0.1, 0.15) is 44.9 Å². The lowest BCUT2D eigenvalue weighted by Gasteiger charge is -2.36. The van der Waals surface area contributed by atoms with Crippen molar-refractivity contribution in [3.63, 3.8) is 0 Å². The van der Waals surface area contributed by atoms with Gasteiger partial charge in [-0.25, -0.2) is 32.6 Å². The minimum Gasteiger partial charge on any atom is -0.444 e. The predicted molar refractivity (Wildman–Crippen MR) is 163 cm³/mol. The molecule has 4 aromatic rings. The molecule has 0 atom stereocenters. The van der Waals surface area contributed by atoms with Gasteiger partial charge in [0.25, 0.3) is 6.43 Å².